The Morgan fingerprint density at radius 3 is 2.45 bits per heavy atom. The maximum atomic E-state index is 5.38. The van der Waals surface area contributed by atoms with E-state index in [1.54, 1.807) is 0 Å². The van der Waals surface area contributed by atoms with E-state index in [1.807, 2.05) is 0 Å². The van der Waals surface area contributed by atoms with Gasteiger partial charge in [0.05, 0.1) is 13.2 Å². The van der Waals surface area contributed by atoms with Gasteiger partial charge in [-0.15, -0.1) is 0 Å². The number of hydrogen-bond donors (Lipinski definition) is 1. The molecule has 1 aromatic rings. The molecule has 1 aromatic carbocycles. The van der Waals surface area contributed by atoms with E-state index in [-0.39, 0.29) is 0 Å². The van der Waals surface area contributed by atoms with Gasteiger partial charge < -0.3 is 10.1 Å². The van der Waals surface area contributed by atoms with Gasteiger partial charge >= 0.3 is 0 Å². The molecule has 2 nitrogen and oxygen atoms in total. The second-order valence-electron chi connectivity index (χ2n) is 6.97. The first-order valence-electron chi connectivity index (χ1n) is 8.13. The SMILES string of the molecule is CC1(CNC(c2ccccc2)C2CCCCC2)COC1. The van der Waals surface area contributed by atoms with E-state index in [9.17, 15) is 0 Å². The standard InChI is InChI=1S/C18H27NO/c1-18(13-20-14-18)12-19-17(15-8-4-2-5-9-15)16-10-6-3-7-11-16/h2,4-5,8-9,16-17,19H,3,6-7,10-14H2,1H3. The van der Waals surface area contributed by atoms with Crippen LogP contribution in [0.3, 0.4) is 0 Å². The Balaban J connectivity index is 1.69. The first-order valence-corrected chi connectivity index (χ1v) is 8.13. The van der Waals surface area contributed by atoms with Crippen molar-refractivity contribution in [1.82, 2.24) is 5.32 Å². The second kappa shape index (κ2) is 6.28. The summed E-state index contributed by atoms with van der Waals surface area (Å²) < 4.78 is 5.38. The maximum absolute atomic E-state index is 5.38. The largest absolute Gasteiger partial charge is 0.380 e. The molecule has 1 atom stereocenters. The molecule has 0 spiro atoms. The quantitative estimate of drug-likeness (QED) is 0.877. The van der Waals surface area contributed by atoms with Gasteiger partial charge in [0.1, 0.15) is 0 Å². The molecule has 20 heavy (non-hydrogen) atoms. The van der Waals surface area contributed by atoms with Crippen molar-refractivity contribution in [2.45, 2.75) is 45.1 Å². The van der Waals surface area contributed by atoms with Crippen molar-refractivity contribution in [2.75, 3.05) is 19.8 Å². The summed E-state index contributed by atoms with van der Waals surface area (Å²) in [5.74, 6) is 0.802. The Morgan fingerprint density at radius 2 is 1.85 bits per heavy atom. The zero-order chi connectivity index (χ0) is 13.8. The molecule has 1 saturated heterocycles. The van der Waals surface area contributed by atoms with Gasteiger partial charge in [0.15, 0.2) is 0 Å². The third kappa shape index (κ3) is 3.24. The summed E-state index contributed by atoms with van der Waals surface area (Å²) >= 11 is 0. The Labute approximate surface area is 122 Å². The molecule has 2 heteroatoms. The van der Waals surface area contributed by atoms with Gasteiger partial charge in [0.25, 0.3) is 0 Å². The van der Waals surface area contributed by atoms with Crippen LogP contribution in [0.4, 0.5) is 0 Å². The van der Waals surface area contributed by atoms with E-state index >= 15 is 0 Å². The molecule has 1 N–H and O–H groups in total. The molecule has 1 aliphatic carbocycles. The molecule has 1 unspecified atom stereocenters. The molecule has 1 aliphatic heterocycles. The Morgan fingerprint density at radius 1 is 1.15 bits per heavy atom. The lowest BCUT2D eigenvalue weighted by Gasteiger charge is -2.41. The lowest BCUT2D eigenvalue weighted by molar-refractivity contribution is -0.101. The molecule has 1 heterocycles. The predicted molar refractivity (Wildman–Crippen MR) is 82.7 cm³/mol. The summed E-state index contributed by atoms with van der Waals surface area (Å²) in [4.78, 5) is 0. The van der Waals surface area contributed by atoms with Gasteiger partial charge in [-0.1, -0.05) is 56.5 Å². The maximum Gasteiger partial charge on any atom is 0.0554 e. The summed E-state index contributed by atoms with van der Waals surface area (Å²) in [6, 6.07) is 11.5. The summed E-state index contributed by atoms with van der Waals surface area (Å²) in [6.07, 6.45) is 6.97. The summed E-state index contributed by atoms with van der Waals surface area (Å²) in [5, 5.41) is 3.87. The average Bonchev–Trinajstić information content (AvgIpc) is 2.48. The van der Waals surface area contributed by atoms with Crippen LogP contribution < -0.4 is 5.32 Å². The summed E-state index contributed by atoms with van der Waals surface area (Å²) in [5.41, 5.74) is 1.81. The highest BCUT2D eigenvalue weighted by Crippen LogP contribution is 2.35. The molecule has 110 valence electrons. The number of rotatable bonds is 5. The van der Waals surface area contributed by atoms with Crippen molar-refractivity contribution in [2.24, 2.45) is 11.3 Å². The highest BCUT2D eigenvalue weighted by Gasteiger charge is 2.35. The van der Waals surface area contributed by atoms with Gasteiger partial charge in [-0.3, -0.25) is 0 Å². The first kappa shape index (κ1) is 14.1. The van der Waals surface area contributed by atoms with Crippen molar-refractivity contribution in [1.29, 1.82) is 0 Å². The van der Waals surface area contributed by atoms with Crippen LogP contribution in [0.5, 0.6) is 0 Å². The Hall–Kier alpha value is -0.860. The molecule has 0 amide bonds. The smallest absolute Gasteiger partial charge is 0.0554 e. The highest BCUT2D eigenvalue weighted by atomic mass is 16.5. The lowest BCUT2D eigenvalue weighted by Crippen LogP contribution is -2.48. The van der Waals surface area contributed by atoms with Crippen molar-refractivity contribution in [3.63, 3.8) is 0 Å². The van der Waals surface area contributed by atoms with Crippen LogP contribution in [0.25, 0.3) is 0 Å². The van der Waals surface area contributed by atoms with Gasteiger partial charge in [-0.25, -0.2) is 0 Å². The number of ether oxygens (including phenoxy) is 1. The van der Waals surface area contributed by atoms with Crippen LogP contribution in [-0.2, 0) is 4.74 Å². The van der Waals surface area contributed by atoms with Crippen LogP contribution in [0, 0.1) is 11.3 Å². The van der Waals surface area contributed by atoms with Gasteiger partial charge in [-0.2, -0.15) is 0 Å². The van der Waals surface area contributed by atoms with E-state index in [1.165, 1.54) is 37.7 Å². The fourth-order valence-electron chi connectivity index (χ4n) is 3.59. The molecule has 0 aromatic heterocycles. The van der Waals surface area contributed by atoms with E-state index in [0.29, 0.717) is 11.5 Å². The molecule has 0 bridgehead atoms. The zero-order valence-corrected chi connectivity index (χ0v) is 12.6. The molecule has 2 aliphatic rings. The highest BCUT2D eigenvalue weighted by molar-refractivity contribution is 5.20. The van der Waals surface area contributed by atoms with Crippen molar-refractivity contribution >= 4 is 0 Å². The Kier molecular flexibility index (Phi) is 4.42. The summed E-state index contributed by atoms with van der Waals surface area (Å²) in [6.45, 7) is 5.22. The van der Waals surface area contributed by atoms with Crippen LogP contribution in [0.15, 0.2) is 30.3 Å². The molecule has 0 radical (unpaired) electrons. The third-order valence-corrected chi connectivity index (χ3v) is 4.93. The van der Waals surface area contributed by atoms with Gasteiger partial charge in [0, 0.05) is 18.0 Å². The van der Waals surface area contributed by atoms with Crippen molar-refractivity contribution in [3.8, 4) is 0 Å². The number of benzene rings is 1. The Bertz CT molecular complexity index is 407. The average molecular weight is 273 g/mol. The van der Waals surface area contributed by atoms with E-state index < -0.39 is 0 Å². The van der Waals surface area contributed by atoms with E-state index in [0.717, 1.165) is 25.7 Å². The minimum atomic E-state index is 0.349. The van der Waals surface area contributed by atoms with Gasteiger partial charge in [-0.05, 0) is 24.3 Å². The second-order valence-corrected chi connectivity index (χ2v) is 6.97. The molecular weight excluding hydrogens is 246 g/mol. The van der Waals surface area contributed by atoms with Crippen LogP contribution in [0.2, 0.25) is 0 Å². The van der Waals surface area contributed by atoms with Crippen LogP contribution in [-0.4, -0.2) is 19.8 Å². The van der Waals surface area contributed by atoms with Crippen LogP contribution in [0.1, 0.15) is 50.6 Å². The van der Waals surface area contributed by atoms with E-state index in [4.69, 9.17) is 4.74 Å². The summed E-state index contributed by atoms with van der Waals surface area (Å²) in [7, 11) is 0. The normalized spacial score (nSPS) is 24.1. The molecule has 3 rings (SSSR count). The fourth-order valence-corrected chi connectivity index (χ4v) is 3.59. The van der Waals surface area contributed by atoms with E-state index in [2.05, 4.69) is 42.6 Å². The molecule has 1 saturated carbocycles. The zero-order valence-electron chi connectivity index (χ0n) is 12.6. The monoisotopic (exact) mass is 273 g/mol. The minimum Gasteiger partial charge on any atom is -0.380 e. The molecule has 2 fully saturated rings. The third-order valence-electron chi connectivity index (χ3n) is 4.93. The fraction of sp³-hybridized carbons (Fsp3) is 0.667. The number of nitrogens with one attached hydrogen (secondary N) is 1. The first-order chi connectivity index (χ1) is 9.77. The van der Waals surface area contributed by atoms with Gasteiger partial charge in [0.2, 0.25) is 0 Å². The van der Waals surface area contributed by atoms with Crippen molar-refractivity contribution < 1.29 is 4.74 Å². The van der Waals surface area contributed by atoms with Crippen molar-refractivity contribution in [3.05, 3.63) is 35.9 Å². The minimum absolute atomic E-state index is 0.349. The predicted octanol–water partition coefficient (Wildman–Crippen LogP) is 3.93. The lowest BCUT2D eigenvalue weighted by atomic mass is 9.80. The molecular formula is C18H27NO. The number of hydrogen-bond acceptors (Lipinski definition) is 2. The van der Waals surface area contributed by atoms with Crippen LogP contribution >= 0.6 is 0 Å². The topological polar surface area (TPSA) is 21.3 Å².